The molecule has 0 aromatic heterocycles. The second-order valence-electron chi connectivity index (χ2n) is 7.42. The van der Waals surface area contributed by atoms with E-state index in [9.17, 15) is 18.4 Å². The molecule has 1 rings (SSSR count). The van der Waals surface area contributed by atoms with Gasteiger partial charge in [-0.15, -0.1) is 0 Å². The fraction of sp³-hybridized carbons (Fsp3) is 0.524. The van der Waals surface area contributed by atoms with Crippen LogP contribution in [0.2, 0.25) is 0 Å². The normalized spacial score (nSPS) is 12.6. The van der Waals surface area contributed by atoms with Crippen LogP contribution in [0.5, 0.6) is 0 Å². The van der Waals surface area contributed by atoms with E-state index in [1.54, 1.807) is 6.92 Å². The van der Waals surface area contributed by atoms with Gasteiger partial charge in [0, 0.05) is 19.2 Å². The van der Waals surface area contributed by atoms with E-state index in [0.29, 0.717) is 0 Å². The highest BCUT2D eigenvalue weighted by Crippen LogP contribution is 2.34. The van der Waals surface area contributed by atoms with Gasteiger partial charge in [0.1, 0.15) is 0 Å². The Hall–Kier alpha value is -2.04. The maximum atomic E-state index is 13.9. The predicted molar refractivity (Wildman–Crippen MR) is 99.5 cm³/mol. The highest BCUT2D eigenvalue weighted by atomic mass is 19.2. The maximum Gasteiger partial charge on any atom is 0.257 e. The zero-order valence-electron chi connectivity index (χ0n) is 16.6. The monoisotopic (exact) mass is 365 g/mol. The van der Waals surface area contributed by atoms with Crippen molar-refractivity contribution in [2.24, 2.45) is 5.41 Å². The number of rotatable bonds is 8. The summed E-state index contributed by atoms with van der Waals surface area (Å²) in [7, 11) is 1.49. The largest absolute Gasteiger partial charge is 0.337 e. The molecule has 0 aliphatic heterocycles. The van der Waals surface area contributed by atoms with Gasteiger partial charge in [-0.3, -0.25) is 9.59 Å². The molecule has 0 heterocycles. The number of halogens is 2. The Morgan fingerprint density at radius 3 is 2.31 bits per heavy atom. The van der Waals surface area contributed by atoms with Crippen LogP contribution in [0.1, 0.15) is 59.4 Å². The SMILES string of the molecule is CCCCC(C)(C)/C(C)=C(/C(C)=O)C(=O)N(C)Cc1cccc(F)c1F. The molecule has 0 saturated carbocycles. The number of ketones is 1. The van der Waals surface area contributed by atoms with Crippen LogP contribution in [0.4, 0.5) is 8.78 Å². The highest BCUT2D eigenvalue weighted by molar-refractivity contribution is 6.19. The van der Waals surface area contributed by atoms with E-state index in [1.165, 1.54) is 31.0 Å². The Bertz CT molecular complexity index is 708. The number of unbranched alkanes of at least 4 members (excludes halogenated alkanes) is 1. The average Bonchev–Trinajstić information content (AvgIpc) is 2.56. The summed E-state index contributed by atoms with van der Waals surface area (Å²) < 4.78 is 27.3. The minimum atomic E-state index is -0.972. The summed E-state index contributed by atoms with van der Waals surface area (Å²) in [5, 5.41) is 0. The van der Waals surface area contributed by atoms with Crippen LogP contribution >= 0.6 is 0 Å². The summed E-state index contributed by atoms with van der Waals surface area (Å²) in [6.07, 6.45) is 2.88. The molecule has 0 saturated heterocycles. The molecular formula is C21H29F2NO2. The number of allylic oxidation sites excluding steroid dienone is 1. The molecule has 0 aliphatic rings. The number of carbonyl (C=O) groups excluding carboxylic acids is 2. The van der Waals surface area contributed by atoms with Gasteiger partial charge in [0.15, 0.2) is 17.4 Å². The summed E-state index contributed by atoms with van der Waals surface area (Å²) in [4.78, 5) is 26.3. The molecule has 0 N–H and O–H groups in total. The van der Waals surface area contributed by atoms with Gasteiger partial charge in [-0.05, 0) is 31.7 Å². The van der Waals surface area contributed by atoms with Crippen molar-refractivity contribution < 1.29 is 18.4 Å². The first kappa shape index (κ1) is 22.0. The van der Waals surface area contributed by atoms with E-state index in [1.807, 2.05) is 13.8 Å². The number of nitrogens with zero attached hydrogens (tertiary/aromatic N) is 1. The van der Waals surface area contributed by atoms with Gasteiger partial charge in [0.05, 0.1) is 5.57 Å². The average molecular weight is 365 g/mol. The Morgan fingerprint density at radius 2 is 1.77 bits per heavy atom. The van der Waals surface area contributed by atoms with Gasteiger partial charge in [-0.1, -0.05) is 51.3 Å². The van der Waals surface area contributed by atoms with Crippen LogP contribution in [0, 0.1) is 17.0 Å². The van der Waals surface area contributed by atoms with Crippen LogP contribution in [0.3, 0.4) is 0 Å². The Balaban J connectivity index is 3.16. The van der Waals surface area contributed by atoms with Crippen LogP contribution < -0.4 is 0 Å². The number of hydrogen-bond donors (Lipinski definition) is 0. The third-order valence-electron chi connectivity index (χ3n) is 4.90. The molecular weight excluding hydrogens is 336 g/mol. The van der Waals surface area contributed by atoms with Crippen molar-refractivity contribution in [2.45, 2.75) is 60.4 Å². The molecule has 3 nitrogen and oxygen atoms in total. The van der Waals surface area contributed by atoms with Crippen LogP contribution in [0.25, 0.3) is 0 Å². The van der Waals surface area contributed by atoms with Crippen LogP contribution in [0.15, 0.2) is 29.3 Å². The standard InChI is InChI=1S/C21H29F2NO2/c1-7-8-12-21(4,5)14(2)18(15(3)25)20(26)24(6)13-16-10-9-11-17(22)19(16)23/h9-11H,7-8,12-13H2,1-6H3/b18-14-. The van der Waals surface area contributed by atoms with Gasteiger partial charge in [-0.2, -0.15) is 0 Å². The van der Waals surface area contributed by atoms with E-state index in [2.05, 4.69) is 6.92 Å². The van der Waals surface area contributed by atoms with Gasteiger partial charge >= 0.3 is 0 Å². The third kappa shape index (κ3) is 5.23. The lowest BCUT2D eigenvalue weighted by Gasteiger charge is -2.29. The molecule has 144 valence electrons. The van der Waals surface area contributed by atoms with Crippen LogP contribution in [-0.2, 0) is 16.1 Å². The molecule has 1 aromatic rings. The Morgan fingerprint density at radius 1 is 1.15 bits per heavy atom. The molecule has 0 radical (unpaired) electrons. The van der Waals surface area contributed by atoms with Crippen molar-refractivity contribution in [3.8, 4) is 0 Å². The van der Waals surface area contributed by atoms with E-state index >= 15 is 0 Å². The molecule has 1 aromatic carbocycles. The van der Waals surface area contributed by atoms with Crippen molar-refractivity contribution in [1.29, 1.82) is 0 Å². The molecule has 0 bridgehead atoms. The number of carbonyl (C=O) groups is 2. The van der Waals surface area contributed by atoms with E-state index < -0.39 is 17.5 Å². The van der Waals surface area contributed by atoms with Crippen molar-refractivity contribution in [3.63, 3.8) is 0 Å². The molecule has 0 atom stereocenters. The van der Waals surface area contributed by atoms with E-state index in [0.717, 1.165) is 30.9 Å². The minimum Gasteiger partial charge on any atom is -0.337 e. The molecule has 26 heavy (non-hydrogen) atoms. The lowest BCUT2D eigenvalue weighted by Crippen LogP contribution is -2.33. The number of Topliss-reactive ketones (excluding diaryl/α,β-unsaturated/α-hetero) is 1. The van der Waals surface area contributed by atoms with Crippen molar-refractivity contribution in [2.75, 3.05) is 7.05 Å². The molecule has 1 amide bonds. The quantitative estimate of drug-likeness (QED) is 0.367. The van der Waals surface area contributed by atoms with Gasteiger partial charge < -0.3 is 4.90 Å². The van der Waals surface area contributed by atoms with Crippen LogP contribution in [-0.4, -0.2) is 23.6 Å². The van der Waals surface area contributed by atoms with Crippen molar-refractivity contribution >= 4 is 11.7 Å². The van der Waals surface area contributed by atoms with Gasteiger partial charge in [-0.25, -0.2) is 8.78 Å². The highest BCUT2D eigenvalue weighted by Gasteiger charge is 2.29. The first-order valence-electron chi connectivity index (χ1n) is 8.93. The topological polar surface area (TPSA) is 37.4 Å². The molecule has 5 heteroatoms. The van der Waals surface area contributed by atoms with E-state index in [4.69, 9.17) is 0 Å². The van der Waals surface area contributed by atoms with Crippen molar-refractivity contribution in [3.05, 3.63) is 46.5 Å². The lowest BCUT2D eigenvalue weighted by atomic mass is 9.77. The van der Waals surface area contributed by atoms with E-state index in [-0.39, 0.29) is 28.9 Å². The zero-order valence-corrected chi connectivity index (χ0v) is 16.6. The lowest BCUT2D eigenvalue weighted by molar-refractivity contribution is -0.129. The molecule has 0 fully saturated rings. The summed E-state index contributed by atoms with van der Waals surface area (Å²) >= 11 is 0. The summed E-state index contributed by atoms with van der Waals surface area (Å²) in [5.41, 5.74) is 0.643. The second-order valence-corrected chi connectivity index (χ2v) is 7.42. The molecule has 0 unspecified atom stereocenters. The zero-order chi connectivity index (χ0) is 20.1. The molecule has 0 spiro atoms. The number of benzene rings is 1. The summed E-state index contributed by atoms with van der Waals surface area (Å²) in [6.45, 7) is 9.18. The maximum absolute atomic E-state index is 13.9. The second kappa shape index (κ2) is 9.06. The third-order valence-corrected chi connectivity index (χ3v) is 4.90. The Kier molecular flexibility index (Phi) is 7.67. The Labute approximate surface area is 155 Å². The summed E-state index contributed by atoms with van der Waals surface area (Å²) in [5.74, 6) is -2.71. The fourth-order valence-electron chi connectivity index (χ4n) is 2.91. The van der Waals surface area contributed by atoms with Crippen molar-refractivity contribution in [1.82, 2.24) is 4.90 Å². The fourth-order valence-corrected chi connectivity index (χ4v) is 2.91. The first-order chi connectivity index (χ1) is 12.0. The number of hydrogen-bond acceptors (Lipinski definition) is 2. The van der Waals surface area contributed by atoms with Gasteiger partial charge in [0.25, 0.3) is 5.91 Å². The first-order valence-corrected chi connectivity index (χ1v) is 8.93. The number of amides is 1. The van der Waals surface area contributed by atoms with Gasteiger partial charge in [0.2, 0.25) is 0 Å². The number of likely N-dealkylation sites (N-methyl/N-ethyl adjacent to an activating group) is 1. The summed E-state index contributed by atoms with van der Waals surface area (Å²) in [6, 6.07) is 3.85. The smallest absolute Gasteiger partial charge is 0.257 e. The minimum absolute atomic E-state index is 0.0756. The predicted octanol–water partition coefficient (Wildman–Crippen LogP) is 5.05. The molecule has 0 aliphatic carbocycles.